The molecule has 3 rings (SSSR count). The molecule has 1 saturated heterocycles. The smallest absolute Gasteiger partial charge is 0.286 e. The lowest BCUT2D eigenvalue weighted by molar-refractivity contribution is -0.113. The first-order valence-electron chi connectivity index (χ1n) is 6.22. The highest BCUT2D eigenvalue weighted by molar-refractivity contribution is 8.18. The largest absolute Gasteiger partial charge is 0.348 e. The van der Waals surface area contributed by atoms with Crippen molar-refractivity contribution in [3.63, 3.8) is 0 Å². The molecule has 0 aromatic carbocycles. The predicted octanol–water partition coefficient (Wildman–Crippen LogP) is 1.97. The molecule has 2 aliphatic heterocycles. The van der Waals surface area contributed by atoms with Crippen LogP contribution in [0.3, 0.4) is 0 Å². The highest BCUT2D eigenvalue weighted by Crippen LogP contribution is 2.31. The number of nitrogens with zero attached hydrogens (tertiary/aromatic N) is 3. The molecule has 0 N–H and O–H groups in total. The molecule has 0 spiro atoms. The number of carbonyl (C=O) groups excluding carboxylic acids is 1. The molecular formula is C13H15N3OS2. The van der Waals surface area contributed by atoms with E-state index >= 15 is 0 Å². The molecule has 4 nitrogen and oxygen atoms in total. The molecule has 1 amide bonds. The van der Waals surface area contributed by atoms with Gasteiger partial charge >= 0.3 is 0 Å². The van der Waals surface area contributed by atoms with E-state index in [0.717, 1.165) is 41.1 Å². The van der Waals surface area contributed by atoms with E-state index < -0.39 is 0 Å². The van der Waals surface area contributed by atoms with E-state index in [2.05, 4.69) is 21.8 Å². The maximum atomic E-state index is 11.9. The Bertz CT molecular complexity index is 528. The molecule has 0 radical (unpaired) electrons. The first kappa shape index (κ1) is 12.9. The molecule has 1 aromatic heterocycles. The second kappa shape index (κ2) is 5.48. The number of hydrogen-bond donors (Lipinski definition) is 0. The lowest BCUT2D eigenvalue weighted by Crippen LogP contribution is -2.46. The van der Waals surface area contributed by atoms with Gasteiger partial charge in [0, 0.05) is 31.1 Å². The fourth-order valence-corrected chi connectivity index (χ4v) is 3.72. The maximum Gasteiger partial charge on any atom is 0.286 e. The van der Waals surface area contributed by atoms with Crippen LogP contribution in [0.4, 0.5) is 0 Å². The Labute approximate surface area is 120 Å². The molecule has 0 atom stereocenters. The first-order chi connectivity index (χ1) is 9.22. The number of amidine groups is 1. The van der Waals surface area contributed by atoms with Gasteiger partial charge in [-0.1, -0.05) is 6.07 Å². The quantitative estimate of drug-likeness (QED) is 0.742. The van der Waals surface area contributed by atoms with Crippen molar-refractivity contribution in [3.05, 3.63) is 27.3 Å². The number of piperazine rings is 1. The Kier molecular flexibility index (Phi) is 3.72. The van der Waals surface area contributed by atoms with Crippen LogP contribution in [0.1, 0.15) is 4.88 Å². The van der Waals surface area contributed by atoms with Crippen molar-refractivity contribution in [2.45, 2.75) is 0 Å². The zero-order chi connectivity index (χ0) is 13.2. The van der Waals surface area contributed by atoms with Gasteiger partial charge in [0.05, 0.1) is 4.91 Å². The number of carbonyl (C=O) groups is 1. The highest BCUT2D eigenvalue weighted by Gasteiger charge is 2.27. The van der Waals surface area contributed by atoms with Crippen LogP contribution in [-0.4, -0.2) is 54.1 Å². The average Bonchev–Trinajstić information content (AvgIpc) is 3.02. The van der Waals surface area contributed by atoms with E-state index in [4.69, 9.17) is 0 Å². The summed E-state index contributed by atoms with van der Waals surface area (Å²) in [5, 5.41) is 2.87. The van der Waals surface area contributed by atoms with Gasteiger partial charge in [0.2, 0.25) is 0 Å². The molecule has 0 saturated carbocycles. The summed E-state index contributed by atoms with van der Waals surface area (Å²) >= 11 is 3.14. The molecule has 1 fully saturated rings. The second-order valence-electron chi connectivity index (χ2n) is 4.62. The van der Waals surface area contributed by atoms with Gasteiger partial charge in [0.1, 0.15) is 0 Å². The maximum absolute atomic E-state index is 11.9. The third-order valence-corrected chi connectivity index (χ3v) is 5.06. The Morgan fingerprint density at radius 3 is 2.79 bits per heavy atom. The number of aliphatic imine (C=N–C) groups is 1. The minimum absolute atomic E-state index is 0.104. The number of likely N-dealkylation sites (N-methyl/N-ethyl adjacent to an activating group) is 1. The fraction of sp³-hybridized carbons (Fsp3) is 0.385. The van der Waals surface area contributed by atoms with Gasteiger partial charge in [-0.25, -0.2) is 0 Å². The summed E-state index contributed by atoms with van der Waals surface area (Å²) in [4.78, 5) is 22.4. The number of amides is 1. The van der Waals surface area contributed by atoms with Crippen molar-refractivity contribution < 1.29 is 4.79 Å². The zero-order valence-corrected chi connectivity index (χ0v) is 12.3. The second-order valence-corrected chi connectivity index (χ2v) is 6.60. The third kappa shape index (κ3) is 2.91. The average molecular weight is 293 g/mol. The normalized spacial score (nSPS) is 23.2. The SMILES string of the molecule is CN1CCN(C2=NC(=O)C(=Cc3cccs3)S2)CC1. The monoisotopic (exact) mass is 293 g/mol. The summed E-state index contributed by atoms with van der Waals surface area (Å²) < 4.78 is 0. The molecule has 3 heterocycles. The van der Waals surface area contributed by atoms with Gasteiger partial charge in [-0.2, -0.15) is 4.99 Å². The summed E-state index contributed by atoms with van der Waals surface area (Å²) in [6.07, 6.45) is 1.93. The van der Waals surface area contributed by atoms with Gasteiger partial charge in [-0.05, 0) is 36.3 Å². The molecule has 6 heteroatoms. The van der Waals surface area contributed by atoms with Crippen molar-refractivity contribution in [2.24, 2.45) is 4.99 Å². The van der Waals surface area contributed by atoms with Crippen molar-refractivity contribution in [3.8, 4) is 0 Å². The molecule has 0 aliphatic carbocycles. The Morgan fingerprint density at radius 2 is 2.11 bits per heavy atom. The molecule has 0 unspecified atom stereocenters. The van der Waals surface area contributed by atoms with E-state index in [1.807, 2.05) is 23.6 Å². The molecule has 1 aromatic rings. The van der Waals surface area contributed by atoms with E-state index in [0.29, 0.717) is 0 Å². The van der Waals surface area contributed by atoms with Gasteiger partial charge in [-0.3, -0.25) is 4.79 Å². The van der Waals surface area contributed by atoms with Crippen LogP contribution >= 0.6 is 23.1 Å². The minimum atomic E-state index is -0.104. The Morgan fingerprint density at radius 1 is 1.32 bits per heavy atom. The Balaban J connectivity index is 1.70. The van der Waals surface area contributed by atoms with Crippen molar-refractivity contribution in [1.29, 1.82) is 0 Å². The molecule has 0 bridgehead atoms. The zero-order valence-electron chi connectivity index (χ0n) is 10.7. The van der Waals surface area contributed by atoms with Crippen LogP contribution in [0, 0.1) is 0 Å². The van der Waals surface area contributed by atoms with Gasteiger partial charge < -0.3 is 9.80 Å². The molecule has 19 heavy (non-hydrogen) atoms. The highest BCUT2D eigenvalue weighted by atomic mass is 32.2. The van der Waals surface area contributed by atoms with Gasteiger partial charge in [0.15, 0.2) is 5.17 Å². The van der Waals surface area contributed by atoms with Crippen LogP contribution in [0.2, 0.25) is 0 Å². The molecule has 100 valence electrons. The number of rotatable bonds is 1. The van der Waals surface area contributed by atoms with E-state index in [-0.39, 0.29) is 5.91 Å². The lowest BCUT2D eigenvalue weighted by atomic mass is 10.3. The fourth-order valence-electron chi connectivity index (χ4n) is 2.03. The molecule has 2 aliphatic rings. The first-order valence-corrected chi connectivity index (χ1v) is 7.91. The topological polar surface area (TPSA) is 35.9 Å². The van der Waals surface area contributed by atoms with Crippen LogP contribution in [0.25, 0.3) is 6.08 Å². The van der Waals surface area contributed by atoms with Crippen molar-refractivity contribution in [2.75, 3.05) is 33.2 Å². The van der Waals surface area contributed by atoms with Crippen molar-refractivity contribution in [1.82, 2.24) is 9.80 Å². The summed E-state index contributed by atoms with van der Waals surface area (Å²) in [7, 11) is 2.12. The number of hydrogen-bond acceptors (Lipinski definition) is 5. The number of thioether (sulfide) groups is 1. The summed E-state index contributed by atoms with van der Waals surface area (Å²) in [6, 6.07) is 4.00. The van der Waals surface area contributed by atoms with Gasteiger partial charge in [-0.15, -0.1) is 11.3 Å². The van der Waals surface area contributed by atoms with Crippen molar-refractivity contribution >= 4 is 40.2 Å². The standard InChI is InChI=1S/C13H15N3OS2/c1-15-4-6-16(7-5-15)13-14-12(17)11(19-13)9-10-3-2-8-18-10/h2-3,8-9H,4-7H2,1H3. The van der Waals surface area contributed by atoms with Crippen LogP contribution < -0.4 is 0 Å². The minimum Gasteiger partial charge on any atom is -0.348 e. The summed E-state index contributed by atoms with van der Waals surface area (Å²) in [5.41, 5.74) is 0. The van der Waals surface area contributed by atoms with Crippen LogP contribution in [-0.2, 0) is 4.79 Å². The third-order valence-electron chi connectivity index (χ3n) is 3.20. The lowest BCUT2D eigenvalue weighted by Gasteiger charge is -2.32. The van der Waals surface area contributed by atoms with Crippen LogP contribution in [0.5, 0.6) is 0 Å². The predicted molar refractivity (Wildman–Crippen MR) is 81.4 cm³/mol. The van der Waals surface area contributed by atoms with E-state index in [1.165, 1.54) is 11.8 Å². The van der Waals surface area contributed by atoms with E-state index in [9.17, 15) is 4.79 Å². The molecular weight excluding hydrogens is 278 g/mol. The summed E-state index contributed by atoms with van der Waals surface area (Å²) in [6.45, 7) is 3.94. The summed E-state index contributed by atoms with van der Waals surface area (Å²) in [5.74, 6) is -0.104. The Hall–Kier alpha value is -1.11. The van der Waals surface area contributed by atoms with Gasteiger partial charge in [0.25, 0.3) is 5.91 Å². The van der Waals surface area contributed by atoms with E-state index in [1.54, 1.807) is 11.3 Å². The van der Waals surface area contributed by atoms with Crippen LogP contribution in [0.15, 0.2) is 27.4 Å². The number of thiophene rings is 1.